The maximum absolute atomic E-state index is 4.44. The Balaban J connectivity index is 1.67. The summed E-state index contributed by atoms with van der Waals surface area (Å²) < 4.78 is 0. The fourth-order valence-electron chi connectivity index (χ4n) is 2.89. The predicted octanol–water partition coefficient (Wildman–Crippen LogP) is 1.63. The number of hydrogen-bond donors (Lipinski definition) is 2. The molecule has 0 aromatic carbocycles. The lowest BCUT2D eigenvalue weighted by molar-refractivity contribution is 0.726. The van der Waals surface area contributed by atoms with Crippen LogP contribution in [-0.2, 0) is 0 Å². The molecular weight excluding hydrogens is 238 g/mol. The second kappa shape index (κ2) is 6.19. The number of rotatable bonds is 3. The van der Waals surface area contributed by atoms with Gasteiger partial charge in [-0.05, 0) is 25.8 Å². The van der Waals surface area contributed by atoms with Crippen molar-refractivity contribution in [2.75, 3.05) is 36.4 Å². The Morgan fingerprint density at radius 1 is 1.16 bits per heavy atom. The average Bonchev–Trinajstić information content (AvgIpc) is 2.79. The Bertz CT molecular complexity index is 395. The van der Waals surface area contributed by atoms with Gasteiger partial charge < -0.3 is 15.5 Å². The molecule has 1 aromatic rings. The number of nitrogens with one attached hydrogen (secondary N) is 2. The molecule has 2 aliphatic rings. The normalized spacial score (nSPS) is 24.2. The van der Waals surface area contributed by atoms with E-state index in [9.17, 15) is 0 Å². The van der Waals surface area contributed by atoms with Gasteiger partial charge in [-0.1, -0.05) is 12.8 Å². The van der Waals surface area contributed by atoms with Crippen LogP contribution in [0.15, 0.2) is 12.4 Å². The molecule has 0 radical (unpaired) electrons. The Labute approximate surface area is 114 Å². The van der Waals surface area contributed by atoms with E-state index in [1.807, 2.05) is 0 Å². The Hall–Kier alpha value is -1.36. The molecule has 1 unspecified atom stereocenters. The first-order valence-corrected chi connectivity index (χ1v) is 7.46. The largest absolute Gasteiger partial charge is 0.366 e. The van der Waals surface area contributed by atoms with Crippen LogP contribution in [0.1, 0.15) is 32.1 Å². The second-order valence-corrected chi connectivity index (χ2v) is 5.50. The Morgan fingerprint density at radius 3 is 2.74 bits per heavy atom. The molecule has 2 aliphatic heterocycles. The monoisotopic (exact) mass is 261 g/mol. The van der Waals surface area contributed by atoms with Gasteiger partial charge in [-0.15, -0.1) is 0 Å². The van der Waals surface area contributed by atoms with Crippen molar-refractivity contribution in [3.05, 3.63) is 12.4 Å². The zero-order valence-electron chi connectivity index (χ0n) is 11.4. The van der Waals surface area contributed by atoms with Crippen molar-refractivity contribution in [2.24, 2.45) is 0 Å². The van der Waals surface area contributed by atoms with Crippen molar-refractivity contribution in [1.82, 2.24) is 15.3 Å². The van der Waals surface area contributed by atoms with E-state index in [2.05, 4.69) is 31.6 Å². The Kier molecular flexibility index (Phi) is 4.13. The van der Waals surface area contributed by atoms with E-state index in [1.165, 1.54) is 32.1 Å². The highest BCUT2D eigenvalue weighted by molar-refractivity contribution is 5.49. The highest BCUT2D eigenvalue weighted by atomic mass is 15.2. The van der Waals surface area contributed by atoms with Gasteiger partial charge >= 0.3 is 0 Å². The minimum Gasteiger partial charge on any atom is -0.366 e. The molecule has 5 heteroatoms. The lowest BCUT2D eigenvalue weighted by Crippen LogP contribution is -2.26. The van der Waals surface area contributed by atoms with E-state index in [1.54, 1.807) is 6.33 Å². The fourth-order valence-corrected chi connectivity index (χ4v) is 2.89. The van der Waals surface area contributed by atoms with Crippen LogP contribution in [0.3, 0.4) is 0 Å². The van der Waals surface area contributed by atoms with Crippen LogP contribution in [-0.4, -0.2) is 42.2 Å². The summed E-state index contributed by atoms with van der Waals surface area (Å²) >= 11 is 0. The zero-order chi connectivity index (χ0) is 12.9. The van der Waals surface area contributed by atoms with Crippen LogP contribution in [0.25, 0.3) is 0 Å². The van der Waals surface area contributed by atoms with Crippen LogP contribution < -0.4 is 15.5 Å². The molecule has 5 nitrogen and oxygen atoms in total. The maximum Gasteiger partial charge on any atom is 0.134 e. The average molecular weight is 261 g/mol. The van der Waals surface area contributed by atoms with Gasteiger partial charge in [-0.2, -0.15) is 0 Å². The van der Waals surface area contributed by atoms with Crippen LogP contribution in [0, 0.1) is 0 Å². The minimum absolute atomic E-state index is 0.506. The SMILES string of the molecule is c1nc(NC2CCNC2)cc(N2CCCCCC2)n1. The predicted molar refractivity (Wildman–Crippen MR) is 77.6 cm³/mol. The molecule has 2 N–H and O–H groups in total. The van der Waals surface area contributed by atoms with Crippen LogP contribution in [0.5, 0.6) is 0 Å². The third-order valence-electron chi connectivity index (χ3n) is 4.00. The molecule has 104 valence electrons. The van der Waals surface area contributed by atoms with E-state index in [4.69, 9.17) is 0 Å². The molecule has 19 heavy (non-hydrogen) atoms. The highest BCUT2D eigenvalue weighted by Crippen LogP contribution is 2.19. The number of nitrogens with zero attached hydrogens (tertiary/aromatic N) is 3. The van der Waals surface area contributed by atoms with Gasteiger partial charge in [0.15, 0.2) is 0 Å². The van der Waals surface area contributed by atoms with Crippen LogP contribution >= 0.6 is 0 Å². The van der Waals surface area contributed by atoms with Gasteiger partial charge in [-0.25, -0.2) is 9.97 Å². The van der Waals surface area contributed by atoms with E-state index >= 15 is 0 Å². The quantitative estimate of drug-likeness (QED) is 0.866. The third kappa shape index (κ3) is 3.35. The van der Waals surface area contributed by atoms with E-state index < -0.39 is 0 Å². The molecule has 1 atom stereocenters. The van der Waals surface area contributed by atoms with Gasteiger partial charge in [-0.3, -0.25) is 0 Å². The zero-order valence-corrected chi connectivity index (χ0v) is 11.4. The van der Waals surface area contributed by atoms with Crippen molar-refractivity contribution in [2.45, 2.75) is 38.1 Å². The molecule has 3 rings (SSSR count). The summed E-state index contributed by atoms with van der Waals surface area (Å²) in [5.74, 6) is 2.04. The van der Waals surface area contributed by atoms with Crippen molar-refractivity contribution >= 4 is 11.6 Å². The lowest BCUT2D eigenvalue weighted by atomic mass is 10.2. The number of hydrogen-bond acceptors (Lipinski definition) is 5. The van der Waals surface area contributed by atoms with Gasteiger partial charge in [0.05, 0.1) is 0 Å². The van der Waals surface area contributed by atoms with Crippen molar-refractivity contribution < 1.29 is 0 Å². The van der Waals surface area contributed by atoms with Gasteiger partial charge in [0, 0.05) is 31.7 Å². The summed E-state index contributed by atoms with van der Waals surface area (Å²) in [4.78, 5) is 11.2. The second-order valence-electron chi connectivity index (χ2n) is 5.50. The molecule has 0 saturated carbocycles. The molecule has 0 spiro atoms. The topological polar surface area (TPSA) is 53.1 Å². The minimum atomic E-state index is 0.506. The summed E-state index contributed by atoms with van der Waals surface area (Å²) in [7, 11) is 0. The van der Waals surface area contributed by atoms with Crippen molar-refractivity contribution in [3.63, 3.8) is 0 Å². The molecule has 0 bridgehead atoms. The molecule has 2 fully saturated rings. The smallest absolute Gasteiger partial charge is 0.134 e. The van der Waals surface area contributed by atoms with E-state index in [0.717, 1.165) is 37.8 Å². The van der Waals surface area contributed by atoms with Gasteiger partial charge in [0.2, 0.25) is 0 Å². The summed E-state index contributed by atoms with van der Waals surface area (Å²) in [5, 5.41) is 6.86. The van der Waals surface area contributed by atoms with Gasteiger partial charge in [0.25, 0.3) is 0 Å². The Morgan fingerprint density at radius 2 is 2.00 bits per heavy atom. The van der Waals surface area contributed by atoms with E-state index in [0.29, 0.717) is 6.04 Å². The highest BCUT2D eigenvalue weighted by Gasteiger charge is 2.16. The number of anilines is 2. The third-order valence-corrected chi connectivity index (χ3v) is 4.00. The standard InChI is InChI=1S/C14H23N5/c1-2-4-8-19(7-3-1)14-9-13(16-11-17-14)18-12-5-6-15-10-12/h9,11-12,15H,1-8,10H2,(H,16,17,18). The van der Waals surface area contributed by atoms with Crippen molar-refractivity contribution in [1.29, 1.82) is 0 Å². The molecule has 2 saturated heterocycles. The van der Waals surface area contributed by atoms with Crippen molar-refractivity contribution in [3.8, 4) is 0 Å². The van der Waals surface area contributed by atoms with E-state index in [-0.39, 0.29) is 0 Å². The summed E-state index contributed by atoms with van der Waals surface area (Å²) in [5.41, 5.74) is 0. The molecule has 3 heterocycles. The fraction of sp³-hybridized carbons (Fsp3) is 0.714. The summed E-state index contributed by atoms with van der Waals surface area (Å²) in [6, 6.07) is 2.61. The first-order valence-electron chi connectivity index (χ1n) is 7.46. The van der Waals surface area contributed by atoms with Gasteiger partial charge in [0.1, 0.15) is 18.0 Å². The molecule has 1 aromatic heterocycles. The van der Waals surface area contributed by atoms with Crippen LogP contribution in [0.4, 0.5) is 11.6 Å². The maximum atomic E-state index is 4.44. The number of aromatic nitrogens is 2. The summed E-state index contributed by atoms with van der Waals surface area (Å²) in [6.45, 7) is 4.38. The first kappa shape index (κ1) is 12.7. The summed E-state index contributed by atoms with van der Waals surface area (Å²) in [6.07, 6.45) is 8.10. The molecule has 0 aliphatic carbocycles. The van der Waals surface area contributed by atoms with Crippen LogP contribution in [0.2, 0.25) is 0 Å². The molecular formula is C14H23N5. The molecule has 0 amide bonds. The first-order chi connectivity index (χ1) is 9.42. The lowest BCUT2D eigenvalue weighted by Gasteiger charge is -2.22.